The molecule has 5 heteroatoms. The van der Waals surface area contributed by atoms with Crippen molar-refractivity contribution >= 4 is 5.91 Å². The Morgan fingerprint density at radius 3 is 2.80 bits per heavy atom. The van der Waals surface area contributed by atoms with Crippen LogP contribution in [0.15, 0.2) is 18.2 Å². The molecule has 0 aromatic heterocycles. The van der Waals surface area contributed by atoms with Crippen molar-refractivity contribution in [3.63, 3.8) is 0 Å². The molecule has 1 aliphatic heterocycles. The van der Waals surface area contributed by atoms with Gasteiger partial charge in [0.05, 0.1) is 13.2 Å². The van der Waals surface area contributed by atoms with Gasteiger partial charge in [0.15, 0.2) is 0 Å². The molecule has 2 N–H and O–H groups in total. The number of carbonyl (C=O) groups is 1. The molecule has 2 rings (SSSR count). The molecule has 0 saturated carbocycles. The van der Waals surface area contributed by atoms with Crippen molar-refractivity contribution in [2.45, 2.75) is 19.9 Å². The van der Waals surface area contributed by atoms with Gasteiger partial charge in [-0.05, 0) is 31.5 Å². The summed E-state index contributed by atoms with van der Waals surface area (Å²) in [6.45, 7) is 7.93. The molecule has 1 atom stereocenters. The van der Waals surface area contributed by atoms with E-state index in [0.29, 0.717) is 5.56 Å². The number of aromatic hydroxyl groups is 1. The van der Waals surface area contributed by atoms with E-state index < -0.39 is 0 Å². The van der Waals surface area contributed by atoms with Gasteiger partial charge in [0.2, 0.25) is 0 Å². The van der Waals surface area contributed by atoms with Gasteiger partial charge < -0.3 is 15.2 Å². The minimum atomic E-state index is -0.152. The van der Waals surface area contributed by atoms with E-state index in [1.807, 2.05) is 6.92 Å². The van der Waals surface area contributed by atoms with Crippen molar-refractivity contribution in [2.24, 2.45) is 0 Å². The maximum atomic E-state index is 12.1. The lowest BCUT2D eigenvalue weighted by molar-refractivity contribution is 0.0342. The number of aryl methyl sites for hydroxylation is 1. The number of morpholine rings is 1. The number of ether oxygens (including phenoxy) is 1. The fraction of sp³-hybridized carbons (Fsp3) is 0.533. The Morgan fingerprint density at radius 1 is 1.45 bits per heavy atom. The maximum absolute atomic E-state index is 12.1. The zero-order chi connectivity index (χ0) is 14.5. The van der Waals surface area contributed by atoms with E-state index in [0.717, 1.165) is 38.4 Å². The second kappa shape index (κ2) is 6.72. The number of hydrogen-bond donors (Lipinski definition) is 2. The third kappa shape index (κ3) is 3.95. The largest absolute Gasteiger partial charge is 0.508 e. The van der Waals surface area contributed by atoms with Gasteiger partial charge in [0.1, 0.15) is 5.75 Å². The molecule has 0 spiro atoms. The summed E-state index contributed by atoms with van der Waals surface area (Å²) in [6.07, 6.45) is 0. The molecule has 5 nitrogen and oxygen atoms in total. The van der Waals surface area contributed by atoms with Crippen molar-refractivity contribution in [3.05, 3.63) is 29.3 Å². The van der Waals surface area contributed by atoms with E-state index in [2.05, 4.69) is 10.2 Å². The van der Waals surface area contributed by atoms with Crippen LogP contribution in [-0.2, 0) is 4.74 Å². The lowest BCUT2D eigenvalue weighted by Crippen LogP contribution is -2.46. The Hall–Kier alpha value is -1.59. The molecule has 110 valence electrons. The van der Waals surface area contributed by atoms with Crippen molar-refractivity contribution in [3.8, 4) is 5.75 Å². The Labute approximate surface area is 119 Å². The molecule has 1 aromatic rings. The van der Waals surface area contributed by atoms with Crippen LogP contribution in [0.25, 0.3) is 0 Å². The van der Waals surface area contributed by atoms with Crippen molar-refractivity contribution in [1.29, 1.82) is 0 Å². The van der Waals surface area contributed by atoms with E-state index in [1.54, 1.807) is 19.1 Å². The number of nitrogens with one attached hydrogen (secondary N) is 1. The van der Waals surface area contributed by atoms with Crippen LogP contribution in [-0.4, -0.2) is 54.8 Å². The van der Waals surface area contributed by atoms with Crippen LogP contribution < -0.4 is 5.32 Å². The summed E-state index contributed by atoms with van der Waals surface area (Å²) in [5.74, 6) is -0.000424. The topological polar surface area (TPSA) is 61.8 Å². The molecule has 1 aliphatic rings. The molecule has 0 bridgehead atoms. The summed E-state index contributed by atoms with van der Waals surface area (Å²) >= 11 is 0. The zero-order valence-corrected chi connectivity index (χ0v) is 12.1. The van der Waals surface area contributed by atoms with Crippen LogP contribution in [0.5, 0.6) is 5.75 Å². The first-order valence-corrected chi connectivity index (χ1v) is 6.97. The van der Waals surface area contributed by atoms with E-state index in [1.165, 1.54) is 6.07 Å². The summed E-state index contributed by atoms with van der Waals surface area (Å²) in [5, 5.41) is 12.6. The van der Waals surface area contributed by atoms with E-state index >= 15 is 0 Å². The summed E-state index contributed by atoms with van der Waals surface area (Å²) in [5.41, 5.74) is 1.25. The zero-order valence-electron chi connectivity index (χ0n) is 12.1. The third-order valence-electron chi connectivity index (χ3n) is 3.48. The van der Waals surface area contributed by atoms with Crippen LogP contribution in [0, 0.1) is 6.92 Å². The standard InChI is InChI=1S/C15H22N2O3/c1-11-3-4-13(9-14(11)18)15(19)16-12(2)10-17-5-7-20-8-6-17/h3-4,9,12,18H,5-8,10H2,1-2H3,(H,16,19). The predicted octanol–water partition coefficient (Wildman–Crippen LogP) is 1.15. The minimum Gasteiger partial charge on any atom is -0.508 e. The summed E-state index contributed by atoms with van der Waals surface area (Å²) < 4.78 is 5.30. The number of benzene rings is 1. The summed E-state index contributed by atoms with van der Waals surface area (Å²) in [6, 6.07) is 5.04. The molecule has 20 heavy (non-hydrogen) atoms. The Morgan fingerprint density at radius 2 is 2.15 bits per heavy atom. The smallest absolute Gasteiger partial charge is 0.251 e. The van der Waals surface area contributed by atoms with Crippen LogP contribution in [0.4, 0.5) is 0 Å². The van der Waals surface area contributed by atoms with Crippen molar-refractivity contribution in [1.82, 2.24) is 10.2 Å². The number of nitrogens with zero attached hydrogens (tertiary/aromatic N) is 1. The highest BCUT2D eigenvalue weighted by molar-refractivity contribution is 5.94. The van der Waals surface area contributed by atoms with Crippen LogP contribution in [0.1, 0.15) is 22.8 Å². The lowest BCUT2D eigenvalue weighted by Gasteiger charge is -2.29. The van der Waals surface area contributed by atoms with Crippen molar-refractivity contribution < 1.29 is 14.6 Å². The van der Waals surface area contributed by atoms with Gasteiger partial charge in [-0.15, -0.1) is 0 Å². The van der Waals surface area contributed by atoms with Gasteiger partial charge >= 0.3 is 0 Å². The van der Waals surface area contributed by atoms with E-state index in [4.69, 9.17) is 4.74 Å². The molecule has 1 saturated heterocycles. The summed E-state index contributed by atoms with van der Waals surface area (Å²) in [7, 11) is 0. The van der Waals surface area contributed by atoms with Gasteiger partial charge in [-0.2, -0.15) is 0 Å². The van der Waals surface area contributed by atoms with Gasteiger partial charge in [-0.1, -0.05) is 6.07 Å². The molecule has 1 heterocycles. The fourth-order valence-corrected chi connectivity index (χ4v) is 2.27. The average Bonchev–Trinajstić information content (AvgIpc) is 2.42. The highest BCUT2D eigenvalue weighted by Gasteiger charge is 2.16. The lowest BCUT2D eigenvalue weighted by atomic mass is 10.1. The van der Waals surface area contributed by atoms with Crippen LogP contribution in [0.3, 0.4) is 0 Å². The highest BCUT2D eigenvalue weighted by atomic mass is 16.5. The van der Waals surface area contributed by atoms with Crippen LogP contribution in [0.2, 0.25) is 0 Å². The number of amides is 1. The maximum Gasteiger partial charge on any atom is 0.251 e. The number of hydrogen-bond acceptors (Lipinski definition) is 4. The SMILES string of the molecule is Cc1ccc(C(=O)NC(C)CN2CCOCC2)cc1O. The quantitative estimate of drug-likeness (QED) is 0.867. The van der Waals surface area contributed by atoms with Gasteiger partial charge in [0, 0.05) is 31.2 Å². The molecule has 1 aromatic carbocycles. The Balaban J connectivity index is 1.87. The molecule has 0 aliphatic carbocycles. The Bertz CT molecular complexity index is 470. The first-order chi connectivity index (χ1) is 9.56. The molecular formula is C15H22N2O3. The second-order valence-electron chi connectivity index (χ2n) is 5.29. The van der Waals surface area contributed by atoms with Crippen LogP contribution >= 0.6 is 0 Å². The second-order valence-corrected chi connectivity index (χ2v) is 5.29. The van der Waals surface area contributed by atoms with Gasteiger partial charge in [-0.3, -0.25) is 9.69 Å². The monoisotopic (exact) mass is 278 g/mol. The summed E-state index contributed by atoms with van der Waals surface area (Å²) in [4.78, 5) is 14.4. The average molecular weight is 278 g/mol. The van der Waals surface area contributed by atoms with E-state index in [-0.39, 0.29) is 17.7 Å². The number of carbonyl (C=O) groups excluding carboxylic acids is 1. The molecular weight excluding hydrogens is 256 g/mol. The first kappa shape index (κ1) is 14.8. The third-order valence-corrected chi connectivity index (χ3v) is 3.48. The van der Waals surface area contributed by atoms with Gasteiger partial charge in [0.25, 0.3) is 5.91 Å². The molecule has 1 amide bonds. The number of phenolic OH excluding ortho intramolecular Hbond substituents is 1. The molecule has 0 radical (unpaired) electrons. The molecule has 1 unspecified atom stereocenters. The number of rotatable bonds is 4. The minimum absolute atomic E-state index is 0.0593. The Kier molecular flexibility index (Phi) is 4.98. The molecule has 1 fully saturated rings. The first-order valence-electron chi connectivity index (χ1n) is 6.97. The number of phenols is 1. The van der Waals surface area contributed by atoms with Gasteiger partial charge in [-0.25, -0.2) is 0 Å². The van der Waals surface area contributed by atoms with E-state index in [9.17, 15) is 9.90 Å². The fourth-order valence-electron chi connectivity index (χ4n) is 2.27. The normalized spacial score (nSPS) is 17.7. The predicted molar refractivity (Wildman–Crippen MR) is 77.0 cm³/mol. The highest BCUT2D eigenvalue weighted by Crippen LogP contribution is 2.17. The van der Waals surface area contributed by atoms with Crippen molar-refractivity contribution in [2.75, 3.05) is 32.8 Å².